The predicted octanol–water partition coefficient (Wildman–Crippen LogP) is 5.70. The Kier molecular flexibility index (Phi) is 10.5. The van der Waals surface area contributed by atoms with E-state index in [1.54, 1.807) is 42.5 Å². The number of hydrogen-bond donors (Lipinski definition) is 2. The second kappa shape index (κ2) is 14.0. The molecule has 0 aliphatic carbocycles. The van der Waals surface area contributed by atoms with Gasteiger partial charge in [0.15, 0.2) is 5.11 Å². The molecule has 3 rings (SSSR count). The number of benzene rings is 3. The number of anilines is 1. The molecule has 2 amide bonds. The minimum Gasteiger partial charge on any atom is -0.493 e. The summed E-state index contributed by atoms with van der Waals surface area (Å²) in [6.07, 6.45) is 2.62. The fraction of sp³-hybridized carbons (Fsp3) is 0.276. The van der Waals surface area contributed by atoms with Crippen molar-refractivity contribution in [2.24, 2.45) is 0 Å². The third kappa shape index (κ3) is 8.20. The lowest BCUT2D eigenvalue weighted by molar-refractivity contribution is 0.0755. The molecule has 0 atom stereocenters. The summed E-state index contributed by atoms with van der Waals surface area (Å²) in [5, 5.41) is 5.87. The van der Waals surface area contributed by atoms with Gasteiger partial charge in [0.05, 0.1) is 6.61 Å². The number of ether oxygens (including phenoxy) is 1. The van der Waals surface area contributed by atoms with E-state index in [2.05, 4.69) is 36.6 Å². The van der Waals surface area contributed by atoms with Crippen LogP contribution in [0.15, 0.2) is 78.9 Å². The molecule has 0 aliphatic rings. The first kappa shape index (κ1) is 26.9. The molecule has 188 valence electrons. The SMILES string of the molecule is CCCN(CCC)C(=O)c1ccc(NC(=S)NC(=O)c2cccc(OCCc3ccccc3)c2)cc1. The molecule has 7 heteroatoms. The number of carbonyl (C=O) groups is 2. The van der Waals surface area contributed by atoms with E-state index in [9.17, 15) is 9.59 Å². The smallest absolute Gasteiger partial charge is 0.257 e. The van der Waals surface area contributed by atoms with Crippen LogP contribution in [0.4, 0.5) is 5.69 Å². The number of thiocarbonyl (C=S) groups is 1. The second-order valence-corrected chi connectivity index (χ2v) is 8.80. The second-order valence-electron chi connectivity index (χ2n) is 8.39. The Labute approximate surface area is 218 Å². The van der Waals surface area contributed by atoms with Crippen LogP contribution in [0, 0.1) is 0 Å². The maximum Gasteiger partial charge on any atom is 0.257 e. The normalized spacial score (nSPS) is 10.4. The van der Waals surface area contributed by atoms with Gasteiger partial charge in [-0.2, -0.15) is 0 Å². The fourth-order valence-electron chi connectivity index (χ4n) is 3.73. The van der Waals surface area contributed by atoms with Gasteiger partial charge in [0.2, 0.25) is 0 Å². The van der Waals surface area contributed by atoms with Crippen LogP contribution in [-0.2, 0) is 6.42 Å². The van der Waals surface area contributed by atoms with Gasteiger partial charge in [-0.25, -0.2) is 0 Å². The molecule has 0 saturated heterocycles. The summed E-state index contributed by atoms with van der Waals surface area (Å²) in [5.74, 6) is 0.312. The molecule has 0 radical (unpaired) electrons. The molecular formula is C29H33N3O3S. The third-order valence-electron chi connectivity index (χ3n) is 5.49. The molecule has 3 aromatic carbocycles. The van der Waals surface area contributed by atoms with Crippen LogP contribution in [0.2, 0.25) is 0 Å². The molecule has 3 aromatic rings. The summed E-state index contributed by atoms with van der Waals surface area (Å²) in [6, 6.07) is 24.2. The molecule has 0 spiro atoms. The average molecular weight is 504 g/mol. The predicted molar refractivity (Wildman–Crippen MR) is 149 cm³/mol. The van der Waals surface area contributed by atoms with Crippen LogP contribution in [0.5, 0.6) is 5.75 Å². The van der Waals surface area contributed by atoms with E-state index >= 15 is 0 Å². The lowest BCUT2D eigenvalue weighted by Crippen LogP contribution is -2.34. The van der Waals surface area contributed by atoms with E-state index in [-0.39, 0.29) is 16.9 Å². The Morgan fingerprint density at radius 1 is 0.861 bits per heavy atom. The van der Waals surface area contributed by atoms with Crippen molar-refractivity contribution in [3.8, 4) is 5.75 Å². The van der Waals surface area contributed by atoms with Crippen LogP contribution in [0.25, 0.3) is 0 Å². The van der Waals surface area contributed by atoms with Gasteiger partial charge >= 0.3 is 0 Å². The number of rotatable bonds is 11. The van der Waals surface area contributed by atoms with Crippen molar-refractivity contribution >= 4 is 34.8 Å². The number of hydrogen-bond acceptors (Lipinski definition) is 4. The zero-order valence-electron chi connectivity index (χ0n) is 20.8. The van der Waals surface area contributed by atoms with Gasteiger partial charge in [0, 0.05) is 36.3 Å². The molecular weight excluding hydrogens is 470 g/mol. The molecule has 0 unspecified atom stereocenters. The molecule has 0 heterocycles. The Morgan fingerprint density at radius 3 is 2.22 bits per heavy atom. The van der Waals surface area contributed by atoms with Crippen molar-refractivity contribution in [3.05, 3.63) is 95.6 Å². The van der Waals surface area contributed by atoms with Crippen LogP contribution >= 0.6 is 12.2 Å². The van der Waals surface area contributed by atoms with Gasteiger partial charge < -0.3 is 15.0 Å². The largest absolute Gasteiger partial charge is 0.493 e. The quantitative estimate of drug-likeness (QED) is 0.329. The first-order valence-electron chi connectivity index (χ1n) is 12.3. The van der Waals surface area contributed by atoms with Gasteiger partial charge in [-0.1, -0.05) is 50.2 Å². The van der Waals surface area contributed by atoms with Crippen molar-refractivity contribution < 1.29 is 14.3 Å². The van der Waals surface area contributed by atoms with Crippen LogP contribution in [0.1, 0.15) is 53.0 Å². The maximum absolute atomic E-state index is 12.7. The van der Waals surface area contributed by atoms with E-state index in [4.69, 9.17) is 17.0 Å². The molecule has 2 N–H and O–H groups in total. The number of nitrogens with one attached hydrogen (secondary N) is 2. The van der Waals surface area contributed by atoms with Crippen LogP contribution in [-0.4, -0.2) is 41.5 Å². The highest BCUT2D eigenvalue weighted by molar-refractivity contribution is 7.80. The highest BCUT2D eigenvalue weighted by Crippen LogP contribution is 2.15. The molecule has 0 aromatic heterocycles. The van der Waals surface area contributed by atoms with Crippen molar-refractivity contribution in [3.63, 3.8) is 0 Å². The van der Waals surface area contributed by atoms with Gasteiger partial charge in [-0.3, -0.25) is 14.9 Å². The Balaban J connectivity index is 1.51. The van der Waals surface area contributed by atoms with Crippen LogP contribution < -0.4 is 15.4 Å². The zero-order chi connectivity index (χ0) is 25.8. The van der Waals surface area contributed by atoms with E-state index < -0.39 is 0 Å². The van der Waals surface area contributed by atoms with E-state index in [1.807, 2.05) is 29.2 Å². The lowest BCUT2D eigenvalue weighted by atomic mass is 10.1. The highest BCUT2D eigenvalue weighted by Gasteiger charge is 2.14. The standard InChI is InChI=1S/C29H33N3O3S/c1-3-18-32(19-4-2)28(34)23-13-15-25(16-14-23)30-29(36)31-27(33)24-11-8-12-26(21-24)35-20-17-22-9-6-5-7-10-22/h5-16,21H,3-4,17-20H2,1-2H3,(H2,30,31,33,36). The zero-order valence-corrected chi connectivity index (χ0v) is 21.6. The van der Waals surface area contributed by atoms with E-state index in [0.717, 1.165) is 32.4 Å². The summed E-state index contributed by atoms with van der Waals surface area (Å²) in [7, 11) is 0. The van der Waals surface area contributed by atoms with E-state index in [1.165, 1.54) is 5.56 Å². The van der Waals surface area contributed by atoms with Gasteiger partial charge in [0.25, 0.3) is 11.8 Å². The summed E-state index contributed by atoms with van der Waals surface area (Å²) in [4.78, 5) is 27.3. The summed E-state index contributed by atoms with van der Waals surface area (Å²) < 4.78 is 5.82. The summed E-state index contributed by atoms with van der Waals surface area (Å²) in [5.41, 5.74) is 2.96. The topological polar surface area (TPSA) is 70.7 Å². The summed E-state index contributed by atoms with van der Waals surface area (Å²) >= 11 is 5.31. The number of amides is 2. The van der Waals surface area contributed by atoms with Crippen molar-refractivity contribution in [2.45, 2.75) is 33.1 Å². The Bertz CT molecular complexity index is 1140. The number of carbonyl (C=O) groups excluding carboxylic acids is 2. The highest BCUT2D eigenvalue weighted by atomic mass is 32.1. The first-order chi connectivity index (χ1) is 17.5. The lowest BCUT2D eigenvalue weighted by Gasteiger charge is -2.21. The maximum atomic E-state index is 12.7. The van der Waals surface area contributed by atoms with E-state index in [0.29, 0.717) is 29.2 Å². The monoisotopic (exact) mass is 503 g/mol. The number of nitrogens with zero attached hydrogens (tertiary/aromatic N) is 1. The third-order valence-corrected chi connectivity index (χ3v) is 5.69. The minimum absolute atomic E-state index is 0.0204. The molecule has 0 saturated carbocycles. The van der Waals surface area contributed by atoms with Gasteiger partial charge in [-0.15, -0.1) is 0 Å². The molecule has 0 bridgehead atoms. The first-order valence-corrected chi connectivity index (χ1v) is 12.7. The molecule has 6 nitrogen and oxygen atoms in total. The van der Waals surface area contributed by atoms with Gasteiger partial charge in [-0.05, 0) is 73.1 Å². The Hall–Kier alpha value is -3.71. The molecule has 0 fully saturated rings. The van der Waals surface area contributed by atoms with Crippen molar-refractivity contribution in [1.29, 1.82) is 0 Å². The molecule has 0 aliphatic heterocycles. The summed E-state index contributed by atoms with van der Waals surface area (Å²) in [6.45, 7) is 6.12. The Morgan fingerprint density at radius 2 is 1.56 bits per heavy atom. The fourth-order valence-corrected chi connectivity index (χ4v) is 3.94. The van der Waals surface area contributed by atoms with Crippen molar-refractivity contribution in [2.75, 3.05) is 25.0 Å². The van der Waals surface area contributed by atoms with Crippen molar-refractivity contribution in [1.82, 2.24) is 10.2 Å². The van der Waals surface area contributed by atoms with Gasteiger partial charge in [0.1, 0.15) is 5.75 Å². The average Bonchev–Trinajstić information content (AvgIpc) is 2.89. The van der Waals surface area contributed by atoms with Crippen LogP contribution in [0.3, 0.4) is 0 Å². The molecule has 36 heavy (non-hydrogen) atoms. The minimum atomic E-state index is -0.331.